The third-order valence-corrected chi connectivity index (χ3v) is 7.40. The largest absolute Gasteiger partial charge is 0.339 e. The van der Waals surface area contributed by atoms with Crippen molar-refractivity contribution in [1.29, 1.82) is 0 Å². The molecule has 0 atom stereocenters. The number of amides is 2. The molecule has 0 unspecified atom stereocenters. The molecule has 176 valence electrons. The Labute approximate surface area is 196 Å². The molecule has 0 radical (unpaired) electrons. The monoisotopic (exact) mass is 483 g/mol. The summed E-state index contributed by atoms with van der Waals surface area (Å²) in [5.74, 6) is -1.26. The zero-order chi connectivity index (χ0) is 24.3. The summed E-state index contributed by atoms with van der Waals surface area (Å²) in [6.07, 6.45) is 0. The Morgan fingerprint density at radius 2 is 1.62 bits per heavy atom. The van der Waals surface area contributed by atoms with E-state index in [1.807, 2.05) is 16.7 Å². The van der Waals surface area contributed by atoms with Gasteiger partial charge in [0.15, 0.2) is 9.84 Å². The van der Waals surface area contributed by atoms with Gasteiger partial charge in [-0.25, -0.2) is 22.0 Å². The predicted molar refractivity (Wildman–Crippen MR) is 128 cm³/mol. The van der Waals surface area contributed by atoms with Crippen LogP contribution in [0.4, 0.5) is 19.3 Å². The van der Waals surface area contributed by atoms with Gasteiger partial charge in [-0.05, 0) is 42.8 Å². The molecule has 4 rings (SSSR count). The van der Waals surface area contributed by atoms with Crippen molar-refractivity contribution in [2.75, 3.05) is 17.6 Å². The second-order valence-corrected chi connectivity index (χ2v) is 9.87. The highest BCUT2D eigenvalue weighted by molar-refractivity contribution is 7.91. The van der Waals surface area contributed by atoms with Crippen molar-refractivity contribution in [1.82, 2.24) is 9.88 Å². The van der Waals surface area contributed by atoms with Crippen LogP contribution in [0.1, 0.15) is 11.3 Å². The van der Waals surface area contributed by atoms with Gasteiger partial charge in [0.25, 0.3) is 0 Å². The molecule has 3 aromatic carbocycles. The third kappa shape index (κ3) is 4.94. The van der Waals surface area contributed by atoms with Crippen LogP contribution in [0.25, 0.3) is 10.9 Å². The van der Waals surface area contributed by atoms with Gasteiger partial charge in [-0.1, -0.05) is 42.5 Å². The van der Waals surface area contributed by atoms with Gasteiger partial charge in [0.1, 0.15) is 11.6 Å². The summed E-state index contributed by atoms with van der Waals surface area (Å²) < 4.78 is 55.4. The van der Waals surface area contributed by atoms with Crippen molar-refractivity contribution in [3.05, 3.63) is 95.7 Å². The van der Waals surface area contributed by atoms with Gasteiger partial charge in [-0.15, -0.1) is 0 Å². The van der Waals surface area contributed by atoms with Crippen molar-refractivity contribution < 1.29 is 22.0 Å². The number of rotatable bonds is 7. The number of benzene rings is 3. The Hall–Kier alpha value is -3.72. The van der Waals surface area contributed by atoms with E-state index in [1.54, 1.807) is 37.3 Å². The van der Waals surface area contributed by atoms with E-state index < -0.39 is 21.7 Å². The summed E-state index contributed by atoms with van der Waals surface area (Å²) in [5.41, 5.74) is 2.14. The minimum absolute atomic E-state index is 0.00238. The maximum absolute atomic E-state index is 13.7. The molecule has 2 N–H and O–H groups in total. The van der Waals surface area contributed by atoms with Crippen LogP contribution in [0, 0.1) is 18.6 Å². The quantitative estimate of drug-likeness (QED) is 0.394. The Balaban J connectivity index is 1.54. The van der Waals surface area contributed by atoms with Crippen LogP contribution >= 0.6 is 0 Å². The lowest BCUT2D eigenvalue weighted by Crippen LogP contribution is -2.33. The molecule has 9 heteroatoms. The van der Waals surface area contributed by atoms with Crippen LogP contribution in [0.3, 0.4) is 0 Å². The molecule has 0 spiro atoms. The normalized spacial score (nSPS) is 11.5. The summed E-state index contributed by atoms with van der Waals surface area (Å²) in [7, 11) is -3.77. The molecule has 4 aromatic rings. The first-order chi connectivity index (χ1) is 16.3. The maximum atomic E-state index is 13.7. The minimum atomic E-state index is -3.77. The number of urea groups is 1. The van der Waals surface area contributed by atoms with E-state index in [0.717, 1.165) is 11.1 Å². The standard InChI is InChI=1S/C25H23F2N3O3S/c1-17-24(34(32,33)15-14-28-25(31)29-22-8-4-3-7-21(22)27)20-6-2-5-9-23(20)30(17)16-18-10-12-19(26)13-11-18/h2-13H,14-16H2,1H3,(H2,28,29,31). The first-order valence-electron chi connectivity index (χ1n) is 10.6. The Morgan fingerprint density at radius 1 is 0.941 bits per heavy atom. The molecule has 2 amide bonds. The summed E-state index contributed by atoms with van der Waals surface area (Å²) in [5, 5.41) is 5.41. The zero-order valence-electron chi connectivity index (χ0n) is 18.4. The average molecular weight is 484 g/mol. The van der Waals surface area contributed by atoms with E-state index in [1.165, 1.54) is 30.3 Å². The highest BCUT2D eigenvalue weighted by atomic mass is 32.2. The number of fused-ring (bicyclic) bond motifs is 1. The molecule has 0 saturated carbocycles. The Kier molecular flexibility index (Phi) is 6.65. The molecule has 0 aliphatic heterocycles. The smallest absolute Gasteiger partial charge is 0.319 e. The van der Waals surface area contributed by atoms with Crippen molar-refractivity contribution in [2.45, 2.75) is 18.4 Å². The fourth-order valence-electron chi connectivity index (χ4n) is 3.90. The molecule has 0 fully saturated rings. The predicted octanol–water partition coefficient (Wildman–Crippen LogP) is 4.87. The van der Waals surface area contributed by atoms with Crippen molar-refractivity contribution >= 4 is 32.5 Å². The molecule has 0 aliphatic rings. The third-order valence-electron chi connectivity index (χ3n) is 5.52. The second-order valence-electron chi connectivity index (χ2n) is 7.82. The van der Waals surface area contributed by atoms with Crippen molar-refractivity contribution in [2.24, 2.45) is 0 Å². The first kappa shape index (κ1) is 23.4. The SMILES string of the molecule is Cc1c(S(=O)(=O)CCNC(=O)Nc2ccccc2F)c2ccccc2n1Cc1ccc(F)cc1. The van der Waals surface area contributed by atoms with E-state index in [-0.39, 0.29) is 28.7 Å². The fraction of sp³-hybridized carbons (Fsp3) is 0.160. The highest BCUT2D eigenvalue weighted by Crippen LogP contribution is 2.31. The molecule has 1 aromatic heterocycles. The van der Waals surface area contributed by atoms with Gasteiger partial charge in [0, 0.05) is 29.7 Å². The van der Waals surface area contributed by atoms with Gasteiger partial charge < -0.3 is 15.2 Å². The van der Waals surface area contributed by atoms with Gasteiger partial charge in [0.05, 0.1) is 16.3 Å². The number of halogens is 2. The molecule has 1 heterocycles. The Morgan fingerprint density at radius 3 is 2.35 bits per heavy atom. The molecular weight excluding hydrogens is 460 g/mol. The van der Waals surface area contributed by atoms with Gasteiger partial charge in [0.2, 0.25) is 0 Å². The van der Waals surface area contributed by atoms with Crippen LogP contribution < -0.4 is 10.6 Å². The fourth-order valence-corrected chi connectivity index (χ4v) is 5.54. The number of nitrogens with zero attached hydrogens (tertiary/aromatic N) is 1. The summed E-state index contributed by atoms with van der Waals surface area (Å²) in [6, 6.07) is 18.2. The number of nitrogens with one attached hydrogen (secondary N) is 2. The summed E-state index contributed by atoms with van der Waals surface area (Å²) in [6.45, 7) is 1.96. The number of carbonyl (C=O) groups is 1. The lowest BCUT2D eigenvalue weighted by molar-refractivity contribution is 0.252. The maximum Gasteiger partial charge on any atom is 0.319 e. The van der Waals surface area contributed by atoms with Gasteiger partial charge in [-0.3, -0.25) is 0 Å². The first-order valence-corrected chi connectivity index (χ1v) is 12.3. The number of sulfone groups is 1. The topological polar surface area (TPSA) is 80.2 Å². The van der Waals surface area contributed by atoms with Crippen LogP contribution in [-0.4, -0.2) is 31.3 Å². The average Bonchev–Trinajstić information content (AvgIpc) is 3.09. The lowest BCUT2D eigenvalue weighted by atomic mass is 10.2. The minimum Gasteiger partial charge on any atom is -0.339 e. The van der Waals surface area contributed by atoms with Crippen molar-refractivity contribution in [3.63, 3.8) is 0 Å². The van der Waals surface area contributed by atoms with Crippen molar-refractivity contribution in [3.8, 4) is 0 Å². The number of carbonyl (C=O) groups excluding carboxylic acids is 1. The molecule has 0 aliphatic carbocycles. The van der Waals surface area contributed by atoms with E-state index in [0.29, 0.717) is 17.6 Å². The summed E-state index contributed by atoms with van der Waals surface area (Å²) in [4.78, 5) is 12.3. The summed E-state index contributed by atoms with van der Waals surface area (Å²) >= 11 is 0. The van der Waals surface area contributed by atoms with E-state index in [9.17, 15) is 22.0 Å². The van der Waals surface area contributed by atoms with Gasteiger partial charge in [-0.2, -0.15) is 0 Å². The number of hydrogen-bond donors (Lipinski definition) is 2. The molecular formula is C25H23F2N3O3S. The van der Waals surface area contributed by atoms with E-state index in [4.69, 9.17) is 0 Å². The Bertz CT molecular complexity index is 1450. The zero-order valence-corrected chi connectivity index (χ0v) is 19.2. The number of aromatic nitrogens is 1. The van der Waals surface area contributed by atoms with Gasteiger partial charge >= 0.3 is 6.03 Å². The molecule has 34 heavy (non-hydrogen) atoms. The van der Waals surface area contributed by atoms with Crippen LogP contribution in [0.5, 0.6) is 0 Å². The second kappa shape index (κ2) is 9.64. The molecule has 0 saturated heterocycles. The van der Waals surface area contributed by atoms with Crippen LogP contribution in [0.2, 0.25) is 0 Å². The van der Waals surface area contributed by atoms with E-state index >= 15 is 0 Å². The number of anilines is 1. The highest BCUT2D eigenvalue weighted by Gasteiger charge is 2.25. The number of para-hydroxylation sites is 2. The molecule has 0 bridgehead atoms. The van der Waals surface area contributed by atoms with Crippen LogP contribution in [0.15, 0.2) is 77.7 Å². The lowest BCUT2D eigenvalue weighted by Gasteiger charge is -2.10. The number of hydrogen-bond acceptors (Lipinski definition) is 3. The van der Waals surface area contributed by atoms with E-state index in [2.05, 4.69) is 10.6 Å². The molecule has 6 nitrogen and oxygen atoms in total. The van der Waals surface area contributed by atoms with Crippen LogP contribution in [-0.2, 0) is 16.4 Å².